The van der Waals surface area contributed by atoms with Gasteiger partial charge in [0.1, 0.15) is 11.9 Å². The van der Waals surface area contributed by atoms with E-state index in [2.05, 4.69) is 5.32 Å². The molecule has 3 amide bonds. The number of thioether (sulfide) groups is 1. The van der Waals surface area contributed by atoms with Crippen LogP contribution in [-0.2, 0) is 14.4 Å². The minimum Gasteiger partial charge on any atom is -0.493 e. The molecule has 5 rings (SSSR count). The fourth-order valence-corrected chi connectivity index (χ4v) is 6.07. The van der Waals surface area contributed by atoms with Gasteiger partial charge in [-0.25, -0.2) is 4.98 Å². The number of amides is 3. The van der Waals surface area contributed by atoms with Crippen LogP contribution >= 0.6 is 24.2 Å². The molecule has 2 aromatic heterocycles. The van der Waals surface area contributed by atoms with Crippen molar-refractivity contribution in [3.05, 3.63) is 36.3 Å². The normalized spacial score (nSPS) is 16.7. The molecule has 2 saturated heterocycles. The fourth-order valence-electron chi connectivity index (χ4n) is 5.45. The number of piperazine rings is 1. The number of nitrogens with one attached hydrogen (secondary N) is 1. The molecule has 0 spiro atoms. The Labute approximate surface area is 276 Å². The zero-order valence-corrected chi connectivity index (χ0v) is 27.7. The quantitative estimate of drug-likeness (QED) is 0.352. The lowest BCUT2D eigenvalue weighted by atomic mass is 10.1. The Morgan fingerprint density at radius 3 is 2.39 bits per heavy atom. The van der Waals surface area contributed by atoms with E-state index in [0.29, 0.717) is 79.7 Å². The molecule has 0 saturated carbocycles. The van der Waals surface area contributed by atoms with Gasteiger partial charge in [0.15, 0.2) is 22.4 Å². The largest absolute Gasteiger partial charge is 0.493 e. The first kappa shape index (κ1) is 36.4. The van der Waals surface area contributed by atoms with Crippen molar-refractivity contribution in [2.24, 2.45) is 5.92 Å². The molecule has 16 heteroatoms. The number of benzene rings is 1. The molecule has 2 aliphatic heterocycles. The predicted octanol–water partition coefficient (Wildman–Crippen LogP) is 2.64. The van der Waals surface area contributed by atoms with Gasteiger partial charge in [-0.2, -0.15) is 4.98 Å². The predicted molar refractivity (Wildman–Crippen MR) is 176 cm³/mol. The van der Waals surface area contributed by atoms with Gasteiger partial charge in [0.2, 0.25) is 17.8 Å². The zero-order valence-electron chi connectivity index (χ0n) is 26.1. The van der Waals surface area contributed by atoms with Gasteiger partial charge in [-0.1, -0.05) is 18.7 Å². The smallest absolute Gasteiger partial charge is 0.289 e. The minimum atomic E-state index is -0.669. The Balaban J connectivity index is 0.00000288. The number of ether oxygens (including phenoxy) is 2. The molecule has 14 nitrogen and oxygen atoms in total. The van der Waals surface area contributed by atoms with E-state index >= 15 is 0 Å². The van der Waals surface area contributed by atoms with E-state index in [1.807, 2.05) is 4.90 Å². The van der Waals surface area contributed by atoms with Gasteiger partial charge in [-0.15, -0.1) is 12.4 Å². The number of likely N-dealkylation sites (tertiary alicyclic amines) is 1. The van der Waals surface area contributed by atoms with Crippen LogP contribution in [0.5, 0.6) is 11.5 Å². The summed E-state index contributed by atoms with van der Waals surface area (Å²) in [5, 5.41) is 3.47. The number of nitrogens with zero attached hydrogens (tertiary/aromatic N) is 5. The Morgan fingerprint density at radius 1 is 1.07 bits per heavy atom. The van der Waals surface area contributed by atoms with Crippen LogP contribution in [0.1, 0.15) is 37.2 Å². The van der Waals surface area contributed by atoms with Crippen LogP contribution in [-0.4, -0.2) is 107 Å². The third kappa shape index (κ3) is 7.82. The number of carbonyl (C=O) groups is 4. The van der Waals surface area contributed by atoms with Gasteiger partial charge < -0.3 is 39.4 Å². The van der Waals surface area contributed by atoms with Crippen LogP contribution in [0.4, 0.5) is 11.8 Å². The maximum Gasteiger partial charge on any atom is 0.289 e. The van der Waals surface area contributed by atoms with Crippen molar-refractivity contribution in [1.82, 2.24) is 19.8 Å². The lowest BCUT2D eigenvalue weighted by Gasteiger charge is -2.34. The molecule has 3 N–H and O–H groups in total. The van der Waals surface area contributed by atoms with Gasteiger partial charge >= 0.3 is 0 Å². The van der Waals surface area contributed by atoms with E-state index in [1.54, 1.807) is 41.0 Å². The third-order valence-corrected chi connectivity index (χ3v) is 8.88. The lowest BCUT2D eigenvalue weighted by molar-refractivity contribution is -0.139. The molecule has 0 bridgehead atoms. The van der Waals surface area contributed by atoms with Gasteiger partial charge in [0.05, 0.1) is 26.0 Å². The average molecular weight is 679 g/mol. The topological polar surface area (TPSA) is 179 Å². The number of halogens is 1. The molecular formula is C30H39ClN6O8S. The maximum atomic E-state index is 13.7. The van der Waals surface area contributed by atoms with Gasteiger partial charge in [-0.05, 0) is 31.0 Å². The van der Waals surface area contributed by atoms with Crippen LogP contribution in [0.2, 0.25) is 0 Å². The summed E-state index contributed by atoms with van der Waals surface area (Å²) in [5.41, 5.74) is 0.534. The highest BCUT2D eigenvalue weighted by Gasteiger charge is 2.36. The molecule has 4 heterocycles. The number of aromatic nitrogens is 2. The average Bonchev–Trinajstić information content (AvgIpc) is 3.75. The Hall–Kier alpha value is -4.08. The van der Waals surface area contributed by atoms with Gasteiger partial charge in [0.25, 0.3) is 5.91 Å². The summed E-state index contributed by atoms with van der Waals surface area (Å²) in [6.07, 6.45) is 2.68. The van der Waals surface area contributed by atoms with E-state index in [4.69, 9.17) is 23.9 Å². The number of methoxy groups -OCH3 is 2. The summed E-state index contributed by atoms with van der Waals surface area (Å²) in [7, 11) is 3.06. The number of carbonyl (C=O) groups excluding carboxylic acids is 4. The van der Waals surface area contributed by atoms with Crippen molar-refractivity contribution in [2.75, 3.05) is 62.9 Å². The van der Waals surface area contributed by atoms with Crippen molar-refractivity contribution in [3.8, 4) is 11.5 Å². The highest BCUT2D eigenvalue weighted by atomic mass is 35.5. The number of anilines is 2. The summed E-state index contributed by atoms with van der Waals surface area (Å²) in [5.74, 6) is 1.16. The highest BCUT2D eigenvalue weighted by Crippen LogP contribution is 2.35. The molecular weight excluding hydrogens is 640 g/mol. The number of hydrogen-bond acceptors (Lipinski definition) is 11. The SMILES string of the molecule is COc1cc2nc(N3CCN(C(=O)c4ccco4)CC3)nc(NC(=O)[C@@H]3CCCN3C(=O)C(C)CSC(C)=O)c2cc1OC.Cl.O. The van der Waals surface area contributed by atoms with Crippen LogP contribution in [0.25, 0.3) is 10.9 Å². The summed E-state index contributed by atoms with van der Waals surface area (Å²) in [6.45, 7) is 5.53. The molecule has 0 radical (unpaired) electrons. The molecule has 46 heavy (non-hydrogen) atoms. The number of rotatable bonds is 9. The van der Waals surface area contributed by atoms with Gasteiger partial charge in [-0.3, -0.25) is 19.2 Å². The lowest BCUT2D eigenvalue weighted by Crippen LogP contribution is -2.49. The monoisotopic (exact) mass is 678 g/mol. The summed E-state index contributed by atoms with van der Waals surface area (Å²) >= 11 is 1.11. The van der Waals surface area contributed by atoms with Crippen molar-refractivity contribution in [2.45, 2.75) is 32.7 Å². The van der Waals surface area contributed by atoms with Crippen LogP contribution in [0, 0.1) is 5.92 Å². The first-order valence-electron chi connectivity index (χ1n) is 14.5. The Morgan fingerprint density at radius 2 is 1.76 bits per heavy atom. The van der Waals surface area contributed by atoms with Gasteiger partial charge in [0, 0.05) is 62.8 Å². The molecule has 2 atom stereocenters. The van der Waals surface area contributed by atoms with E-state index in [9.17, 15) is 19.2 Å². The number of furan rings is 1. The Bertz CT molecular complexity index is 1550. The van der Waals surface area contributed by atoms with Crippen molar-refractivity contribution in [3.63, 3.8) is 0 Å². The minimum absolute atomic E-state index is 0. The second-order valence-electron chi connectivity index (χ2n) is 10.7. The summed E-state index contributed by atoms with van der Waals surface area (Å²) < 4.78 is 16.3. The number of fused-ring (bicyclic) bond motifs is 1. The molecule has 1 unspecified atom stereocenters. The van der Waals surface area contributed by atoms with E-state index in [0.717, 1.165) is 11.8 Å². The van der Waals surface area contributed by atoms with Crippen LogP contribution in [0.15, 0.2) is 34.9 Å². The molecule has 2 fully saturated rings. The van der Waals surface area contributed by atoms with E-state index in [1.165, 1.54) is 27.4 Å². The second-order valence-corrected chi connectivity index (χ2v) is 11.9. The highest BCUT2D eigenvalue weighted by molar-refractivity contribution is 8.13. The Kier molecular flexibility index (Phi) is 12.6. The molecule has 1 aromatic carbocycles. The molecule has 2 aliphatic rings. The maximum absolute atomic E-state index is 13.7. The molecule has 3 aromatic rings. The molecule has 0 aliphatic carbocycles. The van der Waals surface area contributed by atoms with Crippen LogP contribution in [0.3, 0.4) is 0 Å². The first-order valence-corrected chi connectivity index (χ1v) is 15.4. The van der Waals surface area contributed by atoms with Crippen molar-refractivity contribution < 1.29 is 38.5 Å². The fraction of sp³-hybridized carbons (Fsp3) is 0.467. The van der Waals surface area contributed by atoms with E-state index in [-0.39, 0.29) is 52.3 Å². The molecule has 250 valence electrons. The standard InChI is InChI=1S/C30H36N6O7S.ClH.H2O/c1-18(17-44-19(2)37)28(39)36-9-5-7-22(36)27(38)32-26-20-15-24(41-3)25(42-4)16-21(20)31-30(33-26)35-12-10-34(11-13-35)29(40)23-8-6-14-43-23;;/h6,8,14-16,18,22H,5,7,9-13,17H2,1-4H3,(H,31,32,33,38);1H;1H2/t18?,22-;;/m0../s1. The number of hydrogen-bond donors (Lipinski definition) is 1. The van der Waals surface area contributed by atoms with Crippen molar-refractivity contribution >= 4 is 69.7 Å². The second kappa shape index (κ2) is 16.0. The zero-order chi connectivity index (χ0) is 31.4. The van der Waals surface area contributed by atoms with Crippen LogP contribution < -0.4 is 19.7 Å². The summed E-state index contributed by atoms with van der Waals surface area (Å²) in [6, 6.07) is 6.10. The van der Waals surface area contributed by atoms with Crippen molar-refractivity contribution in [1.29, 1.82) is 0 Å². The summed E-state index contributed by atoms with van der Waals surface area (Å²) in [4.78, 5) is 65.9. The third-order valence-electron chi connectivity index (χ3n) is 7.81. The first-order chi connectivity index (χ1) is 21.2. The van der Waals surface area contributed by atoms with E-state index < -0.39 is 12.0 Å².